The van der Waals surface area contributed by atoms with Crippen LogP contribution in [0, 0.1) is 5.92 Å². The van der Waals surface area contributed by atoms with E-state index in [1.54, 1.807) is 43.5 Å². The van der Waals surface area contributed by atoms with E-state index in [1.165, 1.54) is 0 Å². The van der Waals surface area contributed by atoms with Crippen molar-refractivity contribution in [2.75, 3.05) is 25.6 Å². The third-order valence-electron chi connectivity index (χ3n) is 3.13. The van der Waals surface area contributed by atoms with Gasteiger partial charge in [0, 0.05) is 11.8 Å². The van der Waals surface area contributed by atoms with E-state index >= 15 is 0 Å². The van der Waals surface area contributed by atoms with Crippen LogP contribution < -0.4 is 19.5 Å². The van der Waals surface area contributed by atoms with E-state index in [0.717, 1.165) is 11.5 Å². The van der Waals surface area contributed by atoms with Crippen LogP contribution >= 0.6 is 0 Å². The minimum absolute atomic E-state index is 0.0698. The molecule has 0 spiro atoms. The Morgan fingerprint density at radius 3 is 2.29 bits per heavy atom. The second-order valence-corrected chi connectivity index (χ2v) is 5.75. The number of anilines is 1. The summed E-state index contributed by atoms with van der Waals surface area (Å²) in [7, 11) is 1.60. The van der Waals surface area contributed by atoms with Crippen LogP contribution in [0.3, 0.4) is 0 Å². The summed E-state index contributed by atoms with van der Waals surface area (Å²) >= 11 is 0. The Morgan fingerprint density at radius 1 is 1.00 bits per heavy atom. The lowest BCUT2D eigenvalue weighted by atomic mass is 10.2. The third-order valence-corrected chi connectivity index (χ3v) is 3.13. The predicted molar refractivity (Wildman–Crippen MR) is 93.9 cm³/mol. The molecule has 128 valence electrons. The van der Waals surface area contributed by atoms with Gasteiger partial charge < -0.3 is 19.5 Å². The van der Waals surface area contributed by atoms with Gasteiger partial charge in [-0.05, 0) is 42.3 Å². The number of carbonyl (C=O) groups is 1. The van der Waals surface area contributed by atoms with Gasteiger partial charge in [-0.1, -0.05) is 19.9 Å². The lowest BCUT2D eigenvalue weighted by molar-refractivity contribution is -0.118. The fourth-order valence-corrected chi connectivity index (χ4v) is 1.94. The molecule has 2 aromatic rings. The first-order chi connectivity index (χ1) is 11.6. The molecule has 0 heterocycles. The Hall–Kier alpha value is -2.69. The topological polar surface area (TPSA) is 56.8 Å². The molecule has 0 aliphatic carbocycles. The second kappa shape index (κ2) is 8.82. The van der Waals surface area contributed by atoms with Crippen LogP contribution in [0.4, 0.5) is 5.69 Å². The van der Waals surface area contributed by atoms with Gasteiger partial charge in [-0.15, -0.1) is 0 Å². The van der Waals surface area contributed by atoms with Gasteiger partial charge in [0.1, 0.15) is 17.2 Å². The number of benzene rings is 2. The van der Waals surface area contributed by atoms with Gasteiger partial charge in [-0.25, -0.2) is 0 Å². The molecular weight excluding hydrogens is 306 g/mol. The summed E-state index contributed by atoms with van der Waals surface area (Å²) in [5, 5.41) is 2.77. The molecule has 24 heavy (non-hydrogen) atoms. The first-order valence-corrected chi connectivity index (χ1v) is 7.86. The highest BCUT2D eigenvalue weighted by molar-refractivity contribution is 5.91. The largest absolute Gasteiger partial charge is 0.497 e. The van der Waals surface area contributed by atoms with E-state index in [-0.39, 0.29) is 12.5 Å². The van der Waals surface area contributed by atoms with Crippen molar-refractivity contribution in [2.45, 2.75) is 13.8 Å². The van der Waals surface area contributed by atoms with Crippen LogP contribution in [0.25, 0.3) is 0 Å². The number of amides is 1. The lowest BCUT2D eigenvalue weighted by Gasteiger charge is -2.11. The molecule has 0 bridgehead atoms. The van der Waals surface area contributed by atoms with Crippen molar-refractivity contribution in [3.63, 3.8) is 0 Å². The van der Waals surface area contributed by atoms with Crippen molar-refractivity contribution in [2.24, 2.45) is 5.92 Å². The zero-order chi connectivity index (χ0) is 17.4. The molecule has 0 aliphatic rings. The van der Waals surface area contributed by atoms with E-state index < -0.39 is 0 Å². The molecule has 2 aromatic carbocycles. The average molecular weight is 329 g/mol. The number of hydrogen-bond donors (Lipinski definition) is 1. The number of nitrogens with one attached hydrogen (secondary N) is 1. The van der Waals surface area contributed by atoms with Gasteiger partial charge in [0.25, 0.3) is 5.91 Å². The molecule has 2 rings (SSSR count). The summed E-state index contributed by atoms with van der Waals surface area (Å²) in [4.78, 5) is 11.9. The van der Waals surface area contributed by atoms with Crippen LogP contribution in [0.5, 0.6) is 17.2 Å². The molecule has 0 radical (unpaired) electrons. The van der Waals surface area contributed by atoms with Crippen LogP contribution in [0.15, 0.2) is 48.5 Å². The van der Waals surface area contributed by atoms with Gasteiger partial charge in [0.15, 0.2) is 6.61 Å². The third kappa shape index (κ3) is 5.83. The number of rotatable bonds is 8. The maximum absolute atomic E-state index is 11.9. The SMILES string of the molecule is COc1ccc(NC(=O)COc2cccc(OCC(C)C)c2)cc1. The minimum atomic E-state index is -0.228. The summed E-state index contributed by atoms with van der Waals surface area (Å²) < 4.78 is 16.2. The highest BCUT2D eigenvalue weighted by Gasteiger charge is 2.05. The number of ether oxygens (including phenoxy) is 3. The molecule has 0 saturated carbocycles. The molecule has 0 aliphatic heterocycles. The Balaban J connectivity index is 1.83. The van der Waals surface area contributed by atoms with Crippen LogP contribution in [0.1, 0.15) is 13.8 Å². The predicted octanol–water partition coefficient (Wildman–Crippen LogP) is 3.75. The van der Waals surface area contributed by atoms with Crippen molar-refractivity contribution in [1.29, 1.82) is 0 Å². The van der Waals surface area contributed by atoms with E-state index in [2.05, 4.69) is 19.2 Å². The zero-order valence-corrected chi connectivity index (χ0v) is 14.2. The van der Waals surface area contributed by atoms with Gasteiger partial charge in [0.05, 0.1) is 13.7 Å². The highest BCUT2D eigenvalue weighted by atomic mass is 16.5. The monoisotopic (exact) mass is 329 g/mol. The normalized spacial score (nSPS) is 10.3. The van der Waals surface area contributed by atoms with Crippen molar-refractivity contribution in [3.05, 3.63) is 48.5 Å². The summed E-state index contributed by atoms with van der Waals surface area (Å²) in [6, 6.07) is 14.4. The number of methoxy groups -OCH3 is 1. The Morgan fingerprint density at radius 2 is 1.67 bits per heavy atom. The standard InChI is InChI=1S/C19H23NO4/c1-14(2)12-23-17-5-4-6-18(11-17)24-13-19(21)20-15-7-9-16(22-3)10-8-15/h4-11,14H,12-13H2,1-3H3,(H,20,21). The molecule has 1 amide bonds. The minimum Gasteiger partial charge on any atom is -0.497 e. The van der Waals surface area contributed by atoms with E-state index in [9.17, 15) is 4.79 Å². The van der Waals surface area contributed by atoms with E-state index in [4.69, 9.17) is 14.2 Å². The fourth-order valence-electron chi connectivity index (χ4n) is 1.94. The van der Waals surface area contributed by atoms with Gasteiger partial charge in [-0.2, -0.15) is 0 Å². The Bertz CT molecular complexity index is 653. The van der Waals surface area contributed by atoms with Gasteiger partial charge >= 0.3 is 0 Å². The highest BCUT2D eigenvalue weighted by Crippen LogP contribution is 2.20. The molecule has 0 atom stereocenters. The quantitative estimate of drug-likeness (QED) is 0.801. The number of carbonyl (C=O) groups excluding carboxylic acids is 1. The molecule has 0 aromatic heterocycles. The maximum Gasteiger partial charge on any atom is 0.262 e. The van der Waals surface area contributed by atoms with Crippen molar-refractivity contribution >= 4 is 11.6 Å². The van der Waals surface area contributed by atoms with Crippen molar-refractivity contribution in [1.82, 2.24) is 0 Å². The molecule has 0 fully saturated rings. The summed E-state index contributed by atoms with van der Waals surface area (Å²) in [6.45, 7) is 4.74. The average Bonchev–Trinajstić information content (AvgIpc) is 2.59. The molecule has 1 N–H and O–H groups in total. The second-order valence-electron chi connectivity index (χ2n) is 5.75. The fraction of sp³-hybridized carbons (Fsp3) is 0.316. The first kappa shape index (κ1) is 17.7. The molecule has 0 saturated heterocycles. The lowest BCUT2D eigenvalue weighted by Crippen LogP contribution is -2.20. The molecule has 5 nitrogen and oxygen atoms in total. The van der Waals surface area contributed by atoms with Crippen LogP contribution in [0.2, 0.25) is 0 Å². The number of hydrogen-bond acceptors (Lipinski definition) is 4. The Kier molecular flexibility index (Phi) is 6.49. The first-order valence-electron chi connectivity index (χ1n) is 7.86. The smallest absolute Gasteiger partial charge is 0.262 e. The maximum atomic E-state index is 11.9. The molecular formula is C19H23NO4. The van der Waals surface area contributed by atoms with Gasteiger partial charge in [0.2, 0.25) is 0 Å². The van der Waals surface area contributed by atoms with E-state index in [1.807, 2.05) is 12.1 Å². The van der Waals surface area contributed by atoms with Crippen LogP contribution in [-0.4, -0.2) is 26.2 Å². The summed E-state index contributed by atoms with van der Waals surface area (Å²) in [5.74, 6) is 2.29. The summed E-state index contributed by atoms with van der Waals surface area (Å²) in [6.07, 6.45) is 0. The zero-order valence-electron chi connectivity index (χ0n) is 14.2. The van der Waals surface area contributed by atoms with Gasteiger partial charge in [-0.3, -0.25) is 4.79 Å². The molecule has 5 heteroatoms. The van der Waals surface area contributed by atoms with E-state index in [0.29, 0.717) is 24.0 Å². The summed E-state index contributed by atoms with van der Waals surface area (Å²) in [5.41, 5.74) is 0.693. The van der Waals surface area contributed by atoms with Crippen molar-refractivity contribution < 1.29 is 19.0 Å². The van der Waals surface area contributed by atoms with Crippen molar-refractivity contribution in [3.8, 4) is 17.2 Å². The Labute approximate surface area is 142 Å². The van der Waals surface area contributed by atoms with Crippen LogP contribution in [-0.2, 0) is 4.79 Å². The molecule has 0 unspecified atom stereocenters.